The van der Waals surface area contributed by atoms with Crippen LogP contribution in [0.25, 0.3) is 22.3 Å². The summed E-state index contributed by atoms with van der Waals surface area (Å²) in [6.45, 7) is 4.92. The fraction of sp³-hybridized carbons (Fsp3) is 0.400. The van der Waals surface area contributed by atoms with Gasteiger partial charge in [-0.15, -0.1) is 0 Å². The van der Waals surface area contributed by atoms with Crippen LogP contribution < -0.4 is 4.74 Å². The summed E-state index contributed by atoms with van der Waals surface area (Å²) >= 11 is 0. The van der Waals surface area contributed by atoms with E-state index in [0.717, 1.165) is 17.0 Å². The van der Waals surface area contributed by atoms with Crippen LogP contribution in [0.1, 0.15) is 69.8 Å². The van der Waals surface area contributed by atoms with E-state index >= 15 is 4.39 Å². The third-order valence-corrected chi connectivity index (χ3v) is 8.04. The molecule has 0 bridgehead atoms. The van der Waals surface area contributed by atoms with Gasteiger partial charge in [-0.25, -0.2) is 13.6 Å². The molecular weight excluding hydrogens is 522 g/mol. The Morgan fingerprint density at radius 1 is 0.878 bits per heavy atom. The number of hydrogen-bond donors (Lipinski definition) is 1. The van der Waals surface area contributed by atoms with Crippen LogP contribution in [0.5, 0.6) is 5.75 Å². The molecule has 0 aromatic heterocycles. The van der Waals surface area contributed by atoms with Crippen molar-refractivity contribution in [3.8, 4) is 28.0 Å². The van der Waals surface area contributed by atoms with Crippen molar-refractivity contribution in [3.05, 3.63) is 90.0 Å². The van der Waals surface area contributed by atoms with Crippen molar-refractivity contribution in [2.75, 3.05) is 19.8 Å². The summed E-state index contributed by atoms with van der Waals surface area (Å²) in [7, 11) is 0. The minimum Gasteiger partial charge on any atom is -0.487 e. The lowest BCUT2D eigenvalue weighted by atomic mass is 9.77. The van der Waals surface area contributed by atoms with Crippen LogP contribution in [-0.2, 0) is 9.53 Å². The first-order chi connectivity index (χ1) is 19.9. The molecule has 0 spiro atoms. The fourth-order valence-corrected chi connectivity index (χ4v) is 5.58. The highest BCUT2D eigenvalue weighted by atomic mass is 19.1. The maximum absolute atomic E-state index is 15.2. The molecule has 0 amide bonds. The number of rotatable bonds is 13. The molecule has 0 heterocycles. The molecule has 3 aromatic carbocycles. The Labute approximate surface area is 242 Å². The van der Waals surface area contributed by atoms with Gasteiger partial charge >= 0.3 is 5.97 Å². The fourth-order valence-electron chi connectivity index (χ4n) is 5.58. The number of unbranched alkanes of at least 4 members (excludes halogenated alkanes) is 2. The SMILES string of the molecule is C=C(CO)C(=O)OCCOc1ccc(-c2ccc(-c3ccc(C4CCC(CCCCC)CC4)cc3)cc2F)cc1F. The van der Waals surface area contributed by atoms with Crippen molar-refractivity contribution in [3.63, 3.8) is 0 Å². The van der Waals surface area contributed by atoms with Crippen molar-refractivity contribution in [1.82, 2.24) is 0 Å². The zero-order valence-corrected chi connectivity index (χ0v) is 23.8. The van der Waals surface area contributed by atoms with Crippen LogP contribution >= 0.6 is 0 Å². The number of halogens is 2. The molecular formula is C35H40F2O4. The smallest absolute Gasteiger partial charge is 0.335 e. The standard InChI is InChI=1S/C35H40F2O4/c1-3-4-5-6-25-7-9-26(10-8-25)27-11-13-28(14-12-27)29-15-17-31(32(36)21-29)30-16-18-34(33(37)22-30)40-19-20-41-35(39)24(2)23-38/h11-18,21-22,25-26,38H,2-10,19-20,23H2,1H3. The van der Waals surface area contributed by atoms with Gasteiger partial charge < -0.3 is 14.6 Å². The number of carbonyl (C=O) groups excluding carboxylic acids is 1. The molecule has 0 unspecified atom stereocenters. The molecule has 1 saturated carbocycles. The molecule has 4 rings (SSSR count). The molecule has 1 N–H and O–H groups in total. The highest BCUT2D eigenvalue weighted by Gasteiger charge is 2.22. The van der Waals surface area contributed by atoms with E-state index in [-0.39, 0.29) is 24.5 Å². The van der Waals surface area contributed by atoms with E-state index in [9.17, 15) is 9.18 Å². The van der Waals surface area contributed by atoms with Crippen LogP contribution in [0.2, 0.25) is 0 Å². The van der Waals surface area contributed by atoms with Crippen LogP contribution in [0.15, 0.2) is 72.8 Å². The molecule has 4 nitrogen and oxygen atoms in total. The van der Waals surface area contributed by atoms with Gasteiger partial charge in [0.2, 0.25) is 0 Å². The summed E-state index contributed by atoms with van der Waals surface area (Å²) in [5, 5.41) is 8.87. The second-order valence-corrected chi connectivity index (χ2v) is 10.9. The minimum absolute atomic E-state index is 0.0344. The van der Waals surface area contributed by atoms with E-state index in [1.54, 1.807) is 12.1 Å². The Morgan fingerprint density at radius 3 is 2.22 bits per heavy atom. The molecule has 218 valence electrons. The number of aliphatic hydroxyl groups excluding tert-OH is 1. The highest BCUT2D eigenvalue weighted by molar-refractivity contribution is 5.87. The molecule has 6 heteroatoms. The average Bonchev–Trinajstić information content (AvgIpc) is 3.00. The van der Waals surface area contributed by atoms with E-state index in [4.69, 9.17) is 14.6 Å². The quantitative estimate of drug-likeness (QED) is 0.129. The van der Waals surface area contributed by atoms with Crippen LogP contribution in [0, 0.1) is 17.6 Å². The van der Waals surface area contributed by atoms with Gasteiger partial charge in [0, 0.05) is 5.56 Å². The Bertz CT molecular complexity index is 1310. The van der Waals surface area contributed by atoms with E-state index in [2.05, 4.69) is 37.8 Å². The Balaban J connectivity index is 1.33. The maximum Gasteiger partial charge on any atom is 0.335 e. The highest BCUT2D eigenvalue weighted by Crippen LogP contribution is 2.38. The van der Waals surface area contributed by atoms with Crippen molar-refractivity contribution in [1.29, 1.82) is 0 Å². The maximum atomic E-state index is 15.2. The molecule has 0 radical (unpaired) electrons. The number of esters is 1. The average molecular weight is 563 g/mol. The van der Waals surface area contributed by atoms with Gasteiger partial charge in [-0.1, -0.05) is 81.7 Å². The summed E-state index contributed by atoms with van der Waals surface area (Å²) in [6, 6.07) is 17.7. The second-order valence-electron chi connectivity index (χ2n) is 10.9. The lowest BCUT2D eigenvalue weighted by Gasteiger charge is -2.29. The third kappa shape index (κ3) is 8.26. The first kappa shape index (κ1) is 30.4. The number of hydrogen-bond acceptors (Lipinski definition) is 4. The molecule has 0 saturated heterocycles. The van der Waals surface area contributed by atoms with Crippen molar-refractivity contribution >= 4 is 5.97 Å². The van der Waals surface area contributed by atoms with Gasteiger partial charge in [-0.3, -0.25) is 0 Å². The Hall–Kier alpha value is -3.51. The lowest BCUT2D eigenvalue weighted by molar-refractivity contribution is -0.140. The van der Waals surface area contributed by atoms with E-state index < -0.39 is 24.2 Å². The molecule has 3 aromatic rings. The summed E-state index contributed by atoms with van der Waals surface area (Å²) in [5.41, 5.74) is 3.70. The number of aliphatic hydroxyl groups is 1. The zero-order chi connectivity index (χ0) is 29.2. The predicted octanol–water partition coefficient (Wildman–Crippen LogP) is 8.62. The topological polar surface area (TPSA) is 55.8 Å². The van der Waals surface area contributed by atoms with E-state index in [1.807, 2.05) is 6.07 Å². The molecule has 1 aliphatic rings. The summed E-state index contributed by atoms with van der Waals surface area (Å²) < 4.78 is 40.0. The monoisotopic (exact) mass is 562 g/mol. The van der Waals surface area contributed by atoms with Gasteiger partial charge in [0.15, 0.2) is 11.6 Å². The first-order valence-corrected chi connectivity index (χ1v) is 14.7. The largest absolute Gasteiger partial charge is 0.487 e. The van der Waals surface area contributed by atoms with Crippen LogP contribution in [0.4, 0.5) is 8.78 Å². The van der Waals surface area contributed by atoms with Gasteiger partial charge in [0.25, 0.3) is 0 Å². The second kappa shape index (κ2) is 14.9. The number of ether oxygens (including phenoxy) is 2. The third-order valence-electron chi connectivity index (χ3n) is 8.04. The van der Waals surface area contributed by atoms with E-state index in [0.29, 0.717) is 17.0 Å². The normalized spacial score (nSPS) is 16.8. The first-order valence-electron chi connectivity index (χ1n) is 14.7. The predicted molar refractivity (Wildman–Crippen MR) is 159 cm³/mol. The molecule has 41 heavy (non-hydrogen) atoms. The summed E-state index contributed by atoms with van der Waals surface area (Å²) in [4.78, 5) is 11.5. The van der Waals surface area contributed by atoms with Gasteiger partial charge in [-0.2, -0.15) is 0 Å². The Kier molecular flexibility index (Phi) is 11.1. The molecule has 1 aliphatic carbocycles. The molecule has 0 atom stereocenters. The number of carbonyl (C=O) groups is 1. The van der Waals surface area contributed by atoms with Crippen LogP contribution in [-0.4, -0.2) is 30.9 Å². The van der Waals surface area contributed by atoms with Crippen molar-refractivity contribution < 1.29 is 28.2 Å². The van der Waals surface area contributed by atoms with Gasteiger partial charge in [-0.05, 0) is 78.0 Å². The summed E-state index contributed by atoms with van der Waals surface area (Å²) in [5.74, 6) is -0.370. The van der Waals surface area contributed by atoms with Crippen molar-refractivity contribution in [2.45, 2.75) is 64.2 Å². The Morgan fingerprint density at radius 2 is 1.56 bits per heavy atom. The van der Waals surface area contributed by atoms with E-state index in [1.165, 1.54) is 75.1 Å². The van der Waals surface area contributed by atoms with Crippen molar-refractivity contribution in [2.24, 2.45) is 5.92 Å². The zero-order valence-electron chi connectivity index (χ0n) is 23.8. The van der Waals surface area contributed by atoms with Gasteiger partial charge in [0.05, 0.1) is 12.2 Å². The van der Waals surface area contributed by atoms with Gasteiger partial charge in [0.1, 0.15) is 19.0 Å². The molecule has 1 fully saturated rings. The van der Waals surface area contributed by atoms with Crippen LogP contribution in [0.3, 0.4) is 0 Å². The minimum atomic E-state index is -0.739. The molecule has 0 aliphatic heterocycles. The summed E-state index contributed by atoms with van der Waals surface area (Å²) in [6.07, 6.45) is 10.5. The lowest BCUT2D eigenvalue weighted by Crippen LogP contribution is -2.15. The number of benzene rings is 3.